The number of carbonyl (C=O) groups excluding carboxylic acids is 1. The van der Waals surface area contributed by atoms with Crippen LogP contribution in [0.3, 0.4) is 0 Å². The number of rotatable bonds is 6. The van der Waals surface area contributed by atoms with E-state index in [1.807, 2.05) is 24.3 Å². The van der Waals surface area contributed by atoms with E-state index in [2.05, 4.69) is 15.5 Å². The van der Waals surface area contributed by atoms with Crippen molar-refractivity contribution in [1.29, 1.82) is 0 Å². The fraction of sp³-hybridized carbons (Fsp3) is 0.350. The predicted octanol–water partition coefficient (Wildman–Crippen LogP) is 4.40. The van der Waals surface area contributed by atoms with Crippen molar-refractivity contribution in [3.05, 3.63) is 54.1 Å². The van der Waals surface area contributed by atoms with Crippen molar-refractivity contribution in [3.8, 4) is 0 Å². The maximum Gasteiger partial charge on any atom is 0.226 e. The molecule has 0 aliphatic carbocycles. The van der Waals surface area contributed by atoms with Crippen LogP contribution in [0.15, 0.2) is 42.5 Å². The molecule has 0 saturated carbocycles. The Morgan fingerprint density at radius 1 is 0.923 bits per heavy atom. The van der Waals surface area contributed by atoms with Crippen molar-refractivity contribution in [2.45, 2.75) is 25.7 Å². The van der Waals surface area contributed by atoms with Gasteiger partial charge in [0.15, 0.2) is 11.6 Å². The van der Waals surface area contributed by atoms with E-state index in [0.717, 1.165) is 30.9 Å². The molecule has 0 aromatic heterocycles. The zero-order valence-electron chi connectivity index (χ0n) is 14.6. The highest BCUT2D eigenvalue weighted by atomic mass is 19.2. The fourth-order valence-corrected chi connectivity index (χ4v) is 3.06. The fourth-order valence-electron chi connectivity index (χ4n) is 3.06. The molecule has 1 amide bonds. The Hall–Kier alpha value is -2.63. The van der Waals surface area contributed by atoms with Gasteiger partial charge < -0.3 is 15.5 Å². The van der Waals surface area contributed by atoms with Gasteiger partial charge in [0.2, 0.25) is 5.91 Å². The Balaban J connectivity index is 1.44. The van der Waals surface area contributed by atoms with Crippen molar-refractivity contribution >= 4 is 23.0 Å². The van der Waals surface area contributed by atoms with Crippen LogP contribution in [0.1, 0.15) is 25.7 Å². The first-order valence-electron chi connectivity index (χ1n) is 8.95. The normalized spacial score (nSPS) is 14.2. The number of benzene rings is 2. The van der Waals surface area contributed by atoms with Crippen LogP contribution in [-0.2, 0) is 4.79 Å². The molecule has 138 valence electrons. The lowest BCUT2D eigenvalue weighted by molar-refractivity contribution is -0.115. The molecule has 1 fully saturated rings. The summed E-state index contributed by atoms with van der Waals surface area (Å²) >= 11 is 0. The third kappa shape index (κ3) is 4.94. The first-order chi connectivity index (χ1) is 12.6. The molecule has 1 heterocycles. The van der Waals surface area contributed by atoms with Gasteiger partial charge in [-0.15, -0.1) is 0 Å². The average Bonchev–Trinajstić information content (AvgIpc) is 2.66. The molecule has 0 radical (unpaired) electrons. The molecule has 0 atom stereocenters. The Kier molecular flexibility index (Phi) is 6.04. The van der Waals surface area contributed by atoms with Crippen molar-refractivity contribution in [1.82, 2.24) is 0 Å². The summed E-state index contributed by atoms with van der Waals surface area (Å²) in [6.07, 6.45) is 3.98. The molecule has 6 heteroatoms. The Bertz CT molecular complexity index is 743. The third-order valence-electron chi connectivity index (χ3n) is 4.47. The highest BCUT2D eigenvalue weighted by Gasteiger charge is 2.11. The summed E-state index contributed by atoms with van der Waals surface area (Å²) in [7, 11) is 0. The van der Waals surface area contributed by atoms with Crippen molar-refractivity contribution in [2.75, 3.05) is 35.2 Å². The Morgan fingerprint density at radius 3 is 2.31 bits per heavy atom. The quantitative estimate of drug-likeness (QED) is 0.804. The van der Waals surface area contributed by atoms with Crippen LogP contribution >= 0.6 is 0 Å². The average molecular weight is 359 g/mol. The lowest BCUT2D eigenvalue weighted by Crippen LogP contribution is -2.29. The molecule has 2 N–H and O–H groups in total. The molecule has 4 nitrogen and oxygen atoms in total. The van der Waals surface area contributed by atoms with Crippen LogP contribution < -0.4 is 15.5 Å². The first-order valence-corrected chi connectivity index (χ1v) is 8.95. The number of nitrogens with one attached hydrogen (secondary N) is 2. The van der Waals surface area contributed by atoms with Crippen molar-refractivity contribution < 1.29 is 13.6 Å². The smallest absolute Gasteiger partial charge is 0.226 e. The van der Waals surface area contributed by atoms with E-state index in [1.54, 1.807) is 0 Å². The molecule has 0 bridgehead atoms. The summed E-state index contributed by atoms with van der Waals surface area (Å²) < 4.78 is 26.0. The van der Waals surface area contributed by atoms with E-state index in [0.29, 0.717) is 12.2 Å². The topological polar surface area (TPSA) is 44.4 Å². The van der Waals surface area contributed by atoms with E-state index >= 15 is 0 Å². The number of piperidine rings is 1. The highest BCUT2D eigenvalue weighted by molar-refractivity contribution is 5.91. The van der Waals surface area contributed by atoms with Gasteiger partial charge in [-0.25, -0.2) is 8.78 Å². The van der Waals surface area contributed by atoms with E-state index in [-0.39, 0.29) is 12.3 Å². The minimum absolute atomic E-state index is 0.134. The van der Waals surface area contributed by atoms with Gasteiger partial charge in [-0.1, -0.05) is 0 Å². The van der Waals surface area contributed by atoms with Crippen LogP contribution in [0.4, 0.5) is 25.8 Å². The second-order valence-electron chi connectivity index (χ2n) is 6.45. The summed E-state index contributed by atoms with van der Waals surface area (Å²) in [5.41, 5.74) is 2.38. The van der Waals surface area contributed by atoms with Crippen LogP contribution in [0.2, 0.25) is 0 Å². The SMILES string of the molecule is O=C(CCNc1ccc(F)c(F)c1)Nc1ccc(N2CCCCC2)cc1. The molecule has 0 unspecified atom stereocenters. The van der Waals surface area contributed by atoms with Gasteiger partial charge in [-0.05, 0) is 61.7 Å². The number of hydrogen-bond donors (Lipinski definition) is 2. The summed E-state index contributed by atoms with van der Waals surface area (Å²) in [6.45, 7) is 2.51. The molecule has 3 rings (SSSR count). The Labute approximate surface area is 152 Å². The number of nitrogens with zero attached hydrogens (tertiary/aromatic N) is 1. The van der Waals surface area contributed by atoms with Gasteiger partial charge in [0.1, 0.15) is 0 Å². The lowest BCUT2D eigenvalue weighted by Gasteiger charge is -2.28. The van der Waals surface area contributed by atoms with E-state index in [9.17, 15) is 13.6 Å². The van der Waals surface area contributed by atoms with E-state index in [4.69, 9.17) is 0 Å². The maximum atomic E-state index is 13.1. The molecular formula is C20H23F2N3O. The zero-order valence-corrected chi connectivity index (χ0v) is 14.6. The molecule has 1 aliphatic heterocycles. The molecule has 2 aromatic rings. The zero-order chi connectivity index (χ0) is 18.4. The standard InChI is InChI=1S/C20H23F2N3O/c21-18-9-6-16(14-19(18)22)23-11-10-20(26)24-15-4-7-17(8-5-15)25-12-2-1-3-13-25/h4-9,14,23H,1-3,10-13H2,(H,24,26). The van der Waals surface area contributed by atoms with Gasteiger partial charge in [0.05, 0.1) is 0 Å². The van der Waals surface area contributed by atoms with Crippen LogP contribution in [0.5, 0.6) is 0 Å². The minimum Gasteiger partial charge on any atom is -0.384 e. The molecular weight excluding hydrogens is 336 g/mol. The number of amides is 1. The number of hydrogen-bond acceptors (Lipinski definition) is 3. The summed E-state index contributed by atoms with van der Waals surface area (Å²) in [5, 5.41) is 5.75. The van der Waals surface area contributed by atoms with Gasteiger partial charge in [0, 0.05) is 43.1 Å². The third-order valence-corrected chi connectivity index (χ3v) is 4.47. The van der Waals surface area contributed by atoms with Gasteiger partial charge >= 0.3 is 0 Å². The predicted molar refractivity (Wildman–Crippen MR) is 101 cm³/mol. The summed E-state index contributed by atoms with van der Waals surface area (Å²) in [4.78, 5) is 14.4. The highest BCUT2D eigenvalue weighted by Crippen LogP contribution is 2.22. The molecule has 1 aliphatic rings. The van der Waals surface area contributed by atoms with Crippen LogP contribution in [0, 0.1) is 11.6 Å². The Morgan fingerprint density at radius 2 is 1.62 bits per heavy atom. The van der Waals surface area contributed by atoms with Crippen LogP contribution in [0.25, 0.3) is 0 Å². The summed E-state index contributed by atoms with van der Waals surface area (Å²) in [5.74, 6) is -1.93. The van der Waals surface area contributed by atoms with Gasteiger partial charge in [-0.3, -0.25) is 4.79 Å². The number of halogens is 2. The summed E-state index contributed by atoms with van der Waals surface area (Å²) in [6, 6.07) is 11.4. The molecule has 2 aromatic carbocycles. The maximum absolute atomic E-state index is 13.1. The monoisotopic (exact) mass is 359 g/mol. The van der Waals surface area contributed by atoms with Crippen LogP contribution in [-0.4, -0.2) is 25.5 Å². The molecule has 1 saturated heterocycles. The molecule has 26 heavy (non-hydrogen) atoms. The van der Waals surface area contributed by atoms with Crippen molar-refractivity contribution in [3.63, 3.8) is 0 Å². The molecule has 0 spiro atoms. The minimum atomic E-state index is -0.909. The largest absolute Gasteiger partial charge is 0.384 e. The van der Waals surface area contributed by atoms with E-state index in [1.165, 1.54) is 31.0 Å². The van der Waals surface area contributed by atoms with Gasteiger partial charge in [-0.2, -0.15) is 0 Å². The van der Waals surface area contributed by atoms with Crippen molar-refractivity contribution in [2.24, 2.45) is 0 Å². The first kappa shape index (κ1) is 18.2. The second kappa shape index (κ2) is 8.65. The van der Waals surface area contributed by atoms with Gasteiger partial charge in [0.25, 0.3) is 0 Å². The second-order valence-corrected chi connectivity index (χ2v) is 6.45. The number of anilines is 3. The van der Waals surface area contributed by atoms with E-state index < -0.39 is 11.6 Å². The lowest BCUT2D eigenvalue weighted by atomic mass is 10.1. The number of carbonyl (C=O) groups is 1.